The third-order valence-corrected chi connectivity index (χ3v) is 6.74. The van der Waals surface area contributed by atoms with Crippen LogP contribution in [0.4, 0.5) is 13.2 Å². The molecule has 1 aromatic heterocycles. The summed E-state index contributed by atoms with van der Waals surface area (Å²) in [5.41, 5.74) is 2.11. The molecule has 5 rings (SSSR count). The molecule has 202 valence electrons. The first-order valence-corrected chi connectivity index (χ1v) is 12.5. The molecule has 7 nitrogen and oxygen atoms in total. The Labute approximate surface area is 223 Å². The molecule has 10 heteroatoms. The normalized spacial score (nSPS) is 14.4. The number of hydrogen-bond donors (Lipinski definition) is 0. The highest BCUT2D eigenvalue weighted by Gasteiger charge is 2.31. The lowest BCUT2D eigenvalue weighted by atomic mass is 10.1. The second-order valence-corrected chi connectivity index (χ2v) is 9.34. The fourth-order valence-electron chi connectivity index (χ4n) is 4.58. The summed E-state index contributed by atoms with van der Waals surface area (Å²) >= 11 is 0. The smallest absolute Gasteiger partial charge is 0.416 e. The van der Waals surface area contributed by atoms with Crippen LogP contribution in [-0.4, -0.2) is 59.1 Å². The zero-order chi connectivity index (χ0) is 27.4. The van der Waals surface area contributed by atoms with Gasteiger partial charge < -0.3 is 14.2 Å². The van der Waals surface area contributed by atoms with Gasteiger partial charge in [0.2, 0.25) is 11.7 Å². The highest BCUT2D eigenvalue weighted by molar-refractivity contribution is 5.79. The summed E-state index contributed by atoms with van der Waals surface area (Å²) in [6.45, 7) is 3.59. The van der Waals surface area contributed by atoms with Crippen molar-refractivity contribution in [1.29, 1.82) is 0 Å². The number of piperazine rings is 1. The number of carbonyl (C=O) groups is 1. The quantitative estimate of drug-likeness (QED) is 0.319. The van der Waals surface area contributed by atoms with Crippen molar-refractivity contribution < 1.29 is 27.2 Å². The van der Waals surface area contributed by atoms with E-state index in [1.54, 1.807) is 7.11 Å². The van der Waals surface area contributed by atoms with Crippen molar-refractivity contribution in [3.63, 3.8) is 0 Å². The van der Waals surface area contributed by atoms with Gasteiger partial charge >= 0.3 is 6.18 Å². The molecule has 0 saturated carbocycles. The lowest BCUT2D eigenvalue weighted by molar-refractivity contribution is -0.137. The van der Waals surface area contributed by atoms with Gasteiger partial charge in [0, 0.05) is 49.4 Å². The maximum atomic E-state index is 13.0. The summed E-state index contributed by atoms with van der Waals surface area (Å²) in [6.07, 6.45) is -4.13. The Hall–Kier alpha value is -4.18. The predicted octanol–water partition coefficient (Wildman–Crippen LogP) is 5.32. The molecule has 0 bridgehead atoms. The summed E-state index contributed by atoms with van der Waals surface area (Å²) in [7, 11) is 1.61. The average molecular weight is 537 g/mol. The van der Waals surface area contributed by atoms with E-state index in [1.807, 2.05) is 53.4 Å². The van der Waals surface area contributed by atoms with E-state index < -0.39 is 11.7 Å². The number of hydrogen-bond acceptors (Lipinski definition) is 6. The van der Waals surface area contributed by atoms with E-state index in [9.17, 15) is 18.0 Å². The molecular formula is C29H27F3N4O3. The van der Waals surface area contributed by atoms with Crippen LogP contribution in [0.1, 0.15) is 16.7 Å². The molecule has 0 unspecified atom stereocenters. The lowest BCUT2D eigenvalue weighted by Gasteiger charge is -2.35. The molecule has 1 amide bonds. The molecule has 4 aromatic rings. The summed E-state index contributed by atoms with van der Waals surface area (Å²) in [6, 6.07) is 20.0. The van der Waals surface area contributed by atoms with Crippen LogP contribution in [0.15, 0.2) is 77.3 Å². The number of nitrogens with zero attached hydrogens (tertiary/aromatic N) is 4. The van der Waals surface area contributed by atoms with Gasteiger partial charge in [-0.2, -0.15) is 18.2 Å². The van der Waals surface area contributed by atoms with Crippen LogP contribution in [0.5, 0.6) is 5.75 Å². The minimum Gasteiger partial charge on any atom is -0.496 e. The monoisotopic (exact) mass is 536 g/mol. The maximum absolute atomic E-state index is 13.0. The molecule has 1 aliphatic heterocycles. The van der Waals surface area contributed by atoms with Gasteiger partial charge in [-0.15, -0.1) is 0 Å². The maximum Gasteiger partial charge on any atom is 0.416 e. The van der Waals surface area contributed by atoms with Crippen LogP contribution in [0.25, 0.3) is 22.8 Å². The zero-order valence-corrected chi connectivity index (χ0v) is 21.3. The summed E-state index contributed by atoms with van der Waals surface area (Å²) in [4.78, 5) is 21.3. The van der Waals surface area contributed by atoms with E-state index >= 15 is 0 Å². The Morgan fingerprint density at radius 3 is 2.41 bits per heavy atom. The van der Waals surface area contributed by atoms with Crippen molar-refractivity contribution in [2.24, 2.45) is 0 Å². The van der Waals surface area contributed by atoms with Crippen LogP contribution in [0.3, 0.4) is 0 Å². The molecule has 39 heavy (non-hydrogen) atoms. The first kappa shape index (κ1) is 26.4. The van der Waals surface area contributed by atoms with Gasteiger partial charge in [0.15, 0.2) is 0 Å². The van der Waals surface area contributed by atoms with Gasteiger partial charge in [0.05, 0.1) is 19.1 Å². The predicted molar refractivity (Wildman–Crippen MR) is 139 cm³/mol. The van der Waals surface area contributed by atoms with Gasteiger partial charge in [0.25, 0.3) is 5.89 Å². The zero-order valence-electron chi connectivity index (χ0n) is 21.3. The Balaban J connectivity index is 1.15. The Kier molecular flexibility index (Phi) is 7.65. The van der Waals surface area contributed by atoms with Crippen LogP contribution in [0, 0.1) is 0 Å². The SMILES string of the molecule is COc1ccccc1CC(=O)N1CCN(Cc2ccc(-c3noc(-c4cccc(C(F)(F)F)c4)n3)cc2)CC1. The number of alkyl halides is 3. The van der Waals surface area contributed by atoms with Gasteiger partial charge in [0.1, 0.15) is 5.75 Å². The second-order valence-electron chi connectivity index (χ2n) is 9.34. The standard InChI is InChI=1S/C29H27F3N4O3/c1-38-25-8-3-2-5-22(25)18-26(37)36-15-13-35(14-16-36)19-20-9-11-21(12-10-20)27-33-28(39-34-27)23-6-4-7-24(17-23)29(30,31)32/h2-12,17H,13-16,18-19H2,1H3. The van der Waals surface area contributed by atoms with Crippen molar-refractivity contribution in [2.45, 2.75) is 19.1 Å². The third-order valence-electron chi connectivity index (χ3n) is 6.74. The first-order chi connectivity index (χ1) is 18.8. The van der Waals surface area contributed by atoms with Crippen LogP contribution in [-0.2, 0) is 23.9 Å². The highest BCUT2D eigenvalue weighted by Crippen LogP contribution is 2.32. The van der Waals surface area contributed by atoms with E-state index in [1.165, 1.54) is 12.1 Å². The molecule has 1 aliphatic rings. The Morgan fingerprint density at radius 2 is 1.69 bits per heavy atom. The molecular weight excluding hydrogens is 509 g/mol. The number of ether oxygens (including phenoxy) is 1. The molecule has 3 aromatic carbocycles. The van der Waals surface area contributed by atoms with Gasteiger partial charge in [-0.05, 0) is 29.8 Å². The van der Waals surface area contributed by atoms with Crippen molar-refractivity contribution in [2.75, 3.05) is 33.3 Å². The minimum absolute atomic E-state index is 0.0262. The lowest BCUT2D eigenvalue weighted by Crippen LogP contribution is -2.48. The molecule has 1 saturated heterocycles. The van der Waals surface area contributed by atoms with Gasteiger partial charge in [-0.3, -0.25) is 9.69 Å². The second kappa shape index (κ2) is 11.3. The van der Waals surface area contributed by atoms with Crippen molar-refractivity contribution in [1.82, 2.24) is 19.9 Å². The largest absolute Gasteiger partial charge is 0.496 e. The molecule has 0 aliphatic carbocycles. The molecule has 1 fully saturated rings. The number of para-hydroxylation sites is 1. The van der Waals surface area contributed by atoms with Crippen molar-refractivity contribution >= 4 is 5.91 Å². The van der Waals surface area contributed by atoms with E-state index in [2.05, 4.69) is 15.0 Å². The number of amides is 1. The molecule has 0 N–H and O–H groups in total. The van der Waals surface area contributed by atoms with Crippen molar-refractivity contribution in [3.8, 4) is 28.6 Å². The first-order valence-electron chi connectivity index (χ1n) is 12.5. The number of halogens is 3. The molecule has 0 spiro atoms. The fourth-order valence-corrected chi connectivity index (χ4v) is 4.58. The van der Waals surface area contributed by atoms with E-state index in [0.29, 0.717) is 30.9 Å². The topological polar surface area (TPSA) is 71.7 Å². The molecule has 0 radical (unpaired) electrons. The summed E-state index contributed by atoms with van der Waals surface area (Å²) in [5, 5.41) is 3.94. The molecule has 2 heterocycles. The number of carbonyl (C=O) groups excluding carboxylic acids is 1. The minimum atomic E-state index is -4.45. The van der Waals surface area contributed by atoms with Gasteiger partial charge in [-0.1, -0.05) is 53.7 Å². The summed E-state index contributed by atoms with van der Waals surface area (Å²) < 4.78 is 49.7. The number of rotatable bonds is 7. The summed E-state index contributed by atoms with van der Waals surface area (Å²) in [5.74, 6) is 1.14. The van der Waals surface area contributed by atoms with E-state index in [0.717, 1.165) is 48.6 Å². The van der Waals surface area contributed by atoms with Gasteiger partial charge in [-0.25, -0.2) is 0 Å². The average Bonchev–Trinajstić information content (AvgIpc) is 3.44. The van der Waals surface area contributed by atoms with Crippen LogP contribution < -0.4 is 4.74 Å². The van der Waals surface area contributed by atoms with Crippen LogP contribution in [0.2, 0.25) is 0 Å². The number of aromatic nitrogens is 2. The van der Waals surface area contributed by atoms with E-state index in [4.69, 9.17) is 9.26 Å². The highest BCUT2D eigenvalue weighted by atomic mass is 19.4. The fraction of sp³-hybridized carbons (Fsp3) is 0.276. The Bertz CT molecular complexity index is 1430. The Morgan fingerprint density at radius 1 is 0.949 bits per heavy atom. The third kappa shape index (κ3) is 6.28. The van der Waals surface area contributed by atoms with Crippen molar-refractivity contribution in [3.05, 3.63) is 89.5 Å². The van der Waals surface area contributed by atoms with E-state index in [-0.39, 0.29) is 17.4 Å². The number of methoxy groups -OCH3 is 1. The van der Waals surface area contributed by atoms with Crippen LogP contribution >= 0.6 is 0 Å². The molecule has 0 atom stereocenters. The number of benzene rings is 3.